The molecule has 13 heteroatoms. The Morgan fingerprint density at radius 2 is 2.03 bits per heavy atom. The number of carboxylic acids is 1. The van der Waals surface area contributed by atoms with Crippen molar-refractivity contribution in [2.75, 3.05) is 0 Å². The zero-order valence-corrected chi connectivity index (χ0v) is 14.8. The lowest BCUT2D eigenvalue weighted by molar-refractivity contribution is -0.274. The highest BCUT2D eigenvalue weighted by molar-refractivity contribution is 5.87. The van der Waals surface area contributed by atoms with Gasteiger partial charge in [-0.15, -0.1) is 13.2 Å². The van der Waals surface area contributed by atoms with Gasteiger partial charge in [0.05, 0.1) is 24.5 Å². The van der Waals surface area contributed by atoms with Crippen LogP contribution in [0.2, 0.25) is 0 Å². The molecular weight excluding hydrogens is 409 g/mol. The van der Waals surface area contributed by atoms with Crippen LogP contribution in [-0.2, 0) is 6.54 Å². The molecule has 0 fully saturated rings. The molecule has 0 aliphatic carbocycles. The van der Waals surface area contributed by atoms with Crippen molar-refractivity contribution in [3.8, 4) is 11.7 Å². The maximum atomic E-state index is 12.6. The molecule has 3 heterocycles. The van der Waals surface area contributed by atoms with E-state index in [4.69, 9.17) is 5.11 Å². The summed E-state index contributed by atoms with van der Waals surface area (Å²) in [7, 11) is 0. The number of ether oxygens (including phenoxy) is 1. The predicted octanol–water partition coefficient (Wildman–Crippen LogP) is 1.95. The standard InChI is InChI=1S/C17H11F3N6O4/c18-17(19,20)30-11-3-1-2-9(4-11)7-25-13-12(6-22-25)23-16(24-14(13)27)26-8-10(5-21-26)15(28)29/h1-6,8H,7H2,(H,28,29)(H,23,24,27). The molecule has 0 unspecified atom stereocenters. The van der Waals surface area contributed by atoms with Gasteiger partial charge in [0.2, 0.25) is 5.95 Å². The van der Waals surface area contributed by atoms with Crippen LogP contribution < -0.4 is 10.3 Å². The number of aromatic amines is 1. The van der Waals surface area contributed by atoms with Gasteiger partial charge in [-0.3, -0.25) is 14.5 Å². The number of rotatable bonds is 5. The molecule has 30 heavy (non-hydrogen) atoms. The molecule has 4 aromatic rings. The molecule has 0 atom stereocenters. The Balaban J connectivity index is 1.66. The number of H-pyrrole nitrogens is 1. The van der Waals surface area contributed by atoms with Crippen LogP contribution in [0, 0.1) is 0 Å². The first kappa shape index (κ1) is 19.2. The van der Waals surface area contributed by atoms with Crippen molar-refractivity contribution in [2.24, 2.45) is 0 Å². The lowest BCUT2D eigenvalue weighted by Crippen LogP contribution is -2.18. The summed E-state index contributed by atoms with van der Waals surface area (Å²) < 4.78 is 43.5. The molecule has 3 aromatic heterocycles. The summed E-state index contributed by atoms with van der Waals surface area (Å²) in [4.78, 5) is 30.2. The topological polar surface area (TPSA) is 128 Å². The number of halogens is 3. The first-order chi connectivity index (χ1) is 14.2. The zero-order valence-electron chi connectivity index (χ0n) is 14.8. The molecule has 0 bridgehead atoms. The number of benzene rings is 1. The smallest absolute Gasteiger partial charge is 0.478 e. The van der Waals surface area contributed by atoms with Crippen molar-refractivity contribution in [3.63, 3.8) is 0 Å². The lowest BCUT2D eigenvalue weighted by atomic mass is 10.2. The van der Waals surface area contributed by atoms with Gasteiger partial charge in [-0.25, -0.2) is 14.5 Å². The average molecular weight is 420 g/mol. The van der Waals surface area contributed by atoms with Crippen LogP contribution in [0.5, 0.6) is 5.75 Å². The Bertz CT molecular complexity index is 1310. The van der Waals surface area contributed by atoms with Crippen LogP contribution in [0.15, 0.2) is 47.7 Å². The Morgan fingerprint density at radius 1 is 1.23 bits per heavy atom. The number of hydrogen-bond acceptors (Lipinski definition) is 6. The number of fused-ring (bicyclic) bond motifs is 1. The Kier molecular flexibility index (Phi) is 4.49. The van der Waals surface area contributed by atoms with E-state index < -0.39 is 23.6 Å². The van der Waals surface area contributed by atoms with Gasteiger partial charge in [0.1, 0.15) is 11.3 Å². The van der Waals surface area contributed by atoms with Crippen molar-refractivity contribution in [1.82, 2.24) is 29.5 Å². The van der Waals surface area contributed by atoms with Gasteiger partial charge in [0, 0.05) is 6.20 Å². The number of nitrogens with zero attached hydrogens (tertiary/aromatic N) is 5. The number of alkyl halides is 3. The van der Waals surface area contributed by atoms with E-state index in [-0.39, 0.29) is 29.1 Å². The monoisotopic (exact) mass is 420 g/mol. The first-order valence-electron chi connectivity index (χ1n) is 8.28. The first-order valence-corrected chi connectivity index (χ1v) is 8.28. The van der Waals surface area contributed by atoms with Crippen molar-refractivity contribution in [2.45, 2.75) is 12.9 Å². The number of nitrogens with one attached hydrogen (secondary N) is 1. The summed E-state index contributed by atoms with van der Waals surface area (Å²) in [6.45, 7) is -0.00635. The number of carbonyl (C=O) groups is 1. The van der Waals surface area contributed by atoms with E-state index in [1.54, 1.807) is 6.07 Å². The minimum Gasteiger partial charge on any atom is -0.478 e. The maximum absolute atomic E-state index is 12.6. The fourth-order valence-electron chi connectivity index (χ4n) is 2.78. The number of aromatic carboxylic acids is 1. The highest BCUT2D eigenvalue weighted by Crippen LogP contribution is 2.24. The Labute approximate surface area is 164 Å². The van der Waals surface area contributed by atoms with Gasteiger partial charge in [0.15, 0.2) is 5.52 Å². The van der Waals surface area contributed by atoms with Crippen LogP contribution in [-0.4, -0.2) is 47.0 Å². The van der Waals surface area contributed by atoms with E-state index in [0.29, 0.717) is 5.56 Å². The van der Waals surface area contributed by atoms with Gasteiger partial charge in [-0.2, -0.15) is 10.2 Å². The maximum Gasteiger partial charge on any atom is 0.573 e. The van der Waals surface area contributed by atoms with Crippen LogP contribution in [0.25, 0.3) is 17.0 Å². The predicted molar refractivity (Wildman–Crippen MR) is 94.5 cm³/mol. The van der Waals surface area contributed by atoms with Crippen LogP contribution in [0.1, 0.15) is 15.9 Å². The Morgan fingerprint density at radius 3 is 2.73 bits per heavy atom. The third-order valence-corrected chi connectivity index (χ3v) is 4.00. The van der Waals surface area contributed by atoms with Gasteiger partial charge in [-0.05, 0) is 17.7 Å². The molecule has 10 nitrogen and oxygen atoms in total. The quantitative estimate of drug-likeness (QED) is 0.505. The van der Waals surface area contributed by atoms with Crippen molar-refractivity contribution >= 4 is 17.0 Å². The number of carboxylic acid groups (broad SMARTS) is 1. The molecule has 0 aliphatic rings. The van der Waals surface area contributed by atoms with Crippen LogP contribution >= 0.6 is 0 Å². The summed E-state index contributed by atoms with van der Waals surface area (Å²) in [5, 5.41) is 16.9. The van der Waals surface area contributed by atoms with Gasteiger partial charge < -0.3 is 9.84 Å². The molecule has 0 saturated carbocycles. The van der Waals surface area contributed by atoms with E-state index in [2.05, 4.69) is 24.9 Å². The molecule has 2 N–H and O–H groups in total. The second-order valence-corrected chi connectivity index (χ2v) is 6.10. The van der Waals surface area contributed by atoms with Crippen LogP contribution in [0.3, 0.4) is 0 Å². The SMILES string of the molecule is O=C(O)c1cnn(-c2nc3cnn(Cc4cccc(OC(F)(F)F)c4)c3c(=O)[nH]2)c1. The Hall–Kier alpha value is -4.16. The molecule has 0 aliphatic heterocycles. The molecule has 1 aromatic carbocycles. The van der Waals surface area contributed by atoms with E-state index in [0.717, 1.165) is 16.9 Å². The van der Waals surface area contributed by atoms with E-state index in [1.165, 1.54) is 29.2 Å². The second-order valence-electron chi connectivity index (χ2n) is 6.10. The van der Waals surface area contributed by atoms with Gasteiger partial charge in [0.25, 0.3) is 5.56 Å². The van der Waals surface area contributed by atoms with E-state index in [1.807, 2.05) is 0 Å². The molecule has 0 amide bonds. The van der Waals surface area contributed by atoms with Crippen molar-refractivity contribution in [1.29, 1.82) is 0 Å². The number of aromatic nitrogens is 6. The van der Waals surface area contributed by atoms with Crippen molar-refractivity contribution in [3.05, 3.63) is 64.3 Å². The molecular formula is C17H11F3N6O4. The molecule has 0 spiro atoms. The fourth-order valence-corrected chi connectivity index (χ4v) is 2.78. The highest BCUT2D eigenvalue weighted by Gasteiger charge is 2.31. The molecule has 0 radical (unpaired) electrons. The zero-order chi connectivity index (χ0) is 21.5. The summed E-state index contributed by atoms with van der Waals surface area (Å²) >= 11 is 0. The third-order valence-electron chi connectivity index (χ3n) is 4.00. The fraction of sp³-hybridized carbons (Fsp3) is 0.118. The van der Waals surface area contributed by atoms with Gasteiger partial charge >= 0.3 is 12.3 Å². The second kappa shape index (κ2) is 7.02. The summed E-state index contributed by atoms with van der Waals surface area (Å²) in [5.74, 6) is -1.59. The summed E-state index contributed by atoms with van der Waals surface area (Å²) in [6.07, 6.45) is -1.22. The molecule has 4 rings (SSSR count). The largest absolute Gasteiger partial charge is 0.573 e. The van der Waals surface area contributed by atoms with Crippen LogP contribution in [0.4, 0.5) is 13.2 Å². The minimum absolute atomic E-state index is 0.00635. The highest BCUT2D eigenvalue weighted by atomic mass is 19.4. The minimum atomic E-state index is -4.82. The molecule has 154 valence electrons. The van der Waals surface area contributed by atoms with Gasteiger partial charge in [-0.1, -0.05) is 12.1 Å². The van der Waals surface area contributed by atoms with E-state index >= 15 is 0 Å². The average Bonchev–Trinajstić information content (AvgIpc) is 3.28. The third kappa shape index (κ3) is 3.85. The lowest BCUT2D eigenvalue weighted by Gasteiger charge is -2.10. The van der Waals surface area contributed by atoms with E-state index in [9.17, 15) is 22.8 Å². The normalized spacial score (nSPS) is 11.7. The number of hydrogen-bond donors (Lipinski definition) is 2. The molecule has 0 saturated heterocycles. The van der Waals surface area contributed by atoms with Crippen molar-refractivity contribution < 1.29 is 27.8 Å². The summed E-state index contributed by atoms with van der Waals surface area (Å²) in [5.41, 5.74) is 0.0377. The summed E-state index contributed by atoms with van der Waals surface area (Å²) in [6, 6.07) is 5.30.